The van der Waals surface area contributed by atoms with E-state index in [2.05, 4.69) is 10.6 Å². The summed E-state index contributed by atoms with van der Waals surface area (Å²) in [5.41, 5.74) is -0.467. The molecule has 0 aliphatic heterocycles. The molecule has 2 rings (SSSR count). The molecule has 1 aliphatic rings. The third-order valence-corrected chi connectivity index (χ3v) is 3.53. The standard InChI is InChI=1S/C15H19F2N3O2/c1-20(2)7-6-18-14(21)9-8-10(9)15(22)19-13-11(16)4-3-5-12(13)17/h3-5,9-10H,6-8H2,1-2H3,(H,18,21)(H,19,22). The molecule has 1 aromatic rings. The molecule has 0 saturated heterocycles. The van der Waals surface area contributed by atoms with Crippen LogP contribution in [0.25, 0.3) is 0 Å². The van der Waals surface area contributed by atoms with Crippen LogP contribution in [-0.4, -0.2) is 43.9 Å². The van der Waals surface area contributed by atoms with Crippen LogP contribution >= 0.6 is 0 Å². The number of hydrogen-bond acceptors (Lipinski definition) is 3. The van der Waals surface area contributed by atoms with E-state index in [9.17, 15) is 18.4 Å². The van der Waals surface area contributed by atoms with E-state index in [0.29, 0.717) is 19.5 Å². The van der Waals surface area contributed by atoms with Crippen LogP contribution in [0.1, 0.15) is 6.42 Å². The molecule has 1 fully saturated rings. The first-order valence-corrected chi connectivity index (χ1v) is 7.07. The molecule has 1 saturated carbocycles. The van der Waals surface area contributed by atoms with Crippen LogP contribution in [0.2, 0.25) is 0 Å². The number of para-hydroxylation sites is 1. The van der Waals surface area contributed by atoms with Crippen molar-refractivity contribution in [1.29, 1.82) is 0 Å². The zero-order valence-electron chi connectivity index (χ0n) is 12.5. The maximum atomic E-state index is 13.5. The highest BCUT2D eigenvalue weighted by atomic mass is 19.1. The van der Waals surface area contributed by atoms with Gasteiger partial charge in [-0.2, -0.15) is 0 Å². The lowest BCUT2D eigenvalue weighted by Gasteiger charge is -2.10. The van der Waals surface area contributed by atoms with Crippen LogP contribution in [0.3, 0.4) is 0 Å². The van der Waals surface area contributed by atoms with Crippen molar-refractivity contribution >= 4 is 17.5 Å². The highest BCUT2D eigenvalue weighted by Gasteiger charge is 2.48. The normalized spacial score (nSPS) is 19.9. The Morgan fingerprint density at radius 3 is 2.36 bits per heavy atom. The molecule has 2 N–H and O–H groups in total. The van der Waals surface area contributed by atoms with Crippen LogP contribution < -0.4 is 10.6 Å². The summed E-state index contributed by atoms with van der Waals surface area (Å²) in [5, 5.41) is 4.96. The number of rotatable bonds is 6. The fraction of sp³-hybridized carbons (Fsp3) is 0.467. The number of nitrogens with one attached hydrogen (secondary N) is 2. The number of amides is 2. The third kappa shape index (κ3) is 4.00. The van der Waals surface area contributed by atoms with Gasteiger partial charge in [0.15, 0.2) is 0 Å². The maximum absolute atomic E-state index is 13.5. The summed E-state index contributed by atoms with van der Waals surface area (Å²) in [6.45, 7) is 1.20. The summed E-state index contributed by atoms with van der Waals surface area (Å²) >= 11 is 0. The number of anilines is 1. The number of benzene rings is 1. The Labute approximate surface area is 127 Å². The van der Waals surface area contributed by atoms with E-state index >= 15 is 0 Å². The highest BCUT2D eigenvalue weighted by Crippen LogP contribution is 2.39. The number of hydrogen-bond donors (Lipinski definition) is 2. The molecule has 2 atom stereocenters. The van der Waals surface area contributed by atoms with E-state index in [-0.39, 0.29) is 5.91 Å². The van der Waals surface area contributed by atoms with Gasteiger partial charge in [0.2, 0.25) is 11.8 Å². The van der Waals surface area contributed by atoms with Gasteiger partial charge in [-0.15, -0.1) is 0 Å². The molecule has 5 nitrogen and oxygen atoms in total. The average Bonchev–Trinajstić information content (AvgIpc) is 3.23. The predicted molar refractivity (Wildman–Crippen MR) is 78.1 cm³/mol. The molecule has 0 aromatic heterocycles. The average molecular weight is 311 g/mol. The second-order valence-electron chi connectivity index (χ2n) is 5.63. The van der Waals surface area contributed by atoms with E-state index < -0.39 is 35.1 Å². The summed E-state index contributed by atoms with van der Waals surface area (Å²) in [4.78, 5) is 25.7. The SMILES string of the molecule is CN(C)CCNC(=O)C1CC1C(=O)Nc1c(F)cccc1F. The summed E-state index contributed by atoms with van der Waals surface area (Å²) < 4.78 is 26.9. The monoisotopic (exact) mass is 311 g/mol. The van der Waals surface area contributed by atoms with Crippen LogP contribution in [0.5, 0.6) is 0 Å². The number of carbonyl (C=O) groups excluding carboxylic acids is 2. The molecular formula is C15H19F2N3O2. The van der Waals surface area contributed by atoms with Crippen molar-refractivity contribution < 1.29 is 18.4 Å². The molecule has 0 spiro atoms. The topological polar surface area (TPSA) is 61.4 Å². The van der Waals surface area contributed by atoms with Crippen molar-refractivity contribution in [2.24, 2.45) is 11.8 Å². The fourth-order valence-electron chi connectivity index (χ4n) is 2.14. The Bertz CT molecular complexity index is 558. The molecule has 0 heterocycles. The van der Waals surface area contributed by atoms with Gasteiger partial charge < -0.3 is 15.5 Å². The van der Waals surface area contributed by atoms with Crippen molar-refractivity contribution in [3.05, 3.63) is 29.8 Å². The molecule has 0 bridgehead atoms. The van der Waals surface area contributed by atoms with Gasteiger partial charge in [-0.3, -0.25) is 9.59 Å². The molecule has 7 heteroatoms. The lowest BCUT2D eigenvalue weighted by atomic mass is 10.2. The van der Waals surface area contributed by atoms with Crippen LogP contribution in [-0.2, 0) is 9.59 Å². The Morgan fingerprint density at radius 2 is 1.77 bits per heavy atom. The molecule has 1 aliphatic carbocycles. The predicted octanol–water partition coefficient (Wildman–Crippen LogP) is 1.22. The maximum Gasteiger partial charge on any atom is 0.228 e. The summed E-state index contributed by atoms with van der Waals surface area (Å²) in [7, 11) is 3.78. The molecular weight excluding hydrogens is 292 g/mol. The van der Waals surface area contributed by atoms with Gasteiger partial charge in [-0.1, -0.05) is 6.07 Å². The fourth-order valence-corrected chi connectivity index (χ4v) is 2.14. The van der Waals surface area contributed by atoms with Gasteiger partial charge >= 0.3 is 0 Å². The molecule has 120 valence electrons. The summed E-state index contributed by atoms with van der Waals surface area (Å²) in [6, 6.07) is 3.35. The number of halogens is 2. The lowest BCUT2D eigenvalue weighted by molar-refractivity contribution is -0.125. The Hall–Kier alpha value is -2.02. The van der Waals surface area contributed by atoms with E-state index in [1.54, 1.807) is 0 Å². The van der Waals surface area contributed by atoms with Gasteiger partial charge in [-0.25, -0.2) is 8.78 Å². The van der Waals surface area contributed by atoms with Crippen LogP contribution in [0.4, 0.5) is 14.5 Å². The van der Waals surface area contributed by atoms with Crippen molar-refractivity contribution in [2.45, 2.75) is 6.42 Å². The van der Waals surface area contributed by atoms with E-state index in [0.717, 1.165) is 12.1 Å². The quantitative estimate of drug-likeness (QED) is 0.830. The van der Waals surface area contributed by atoms with Gasteiger partial charge in [0.05, 0.1) is 11.8 Å². The van der Waals surface area contributed by atoms with Gasteiger partial charge in [0.1, 0.15) is 17.3 Å². The Balaban J connectivity index is 1.84. The second kappa shape index (κ2) is 6.83. The third-order valence-electron chi connectivity index (χ3n) is 3.53. The molecule has 2 amide bonds. The minimum Gasteiger partial charge on any atom is -0.355 e. The minimum absolute atomic E-state index is 0.198. The second-order valence-corrected chi connectivity index (χ2v) is 5.63. The zero-order valence-corrected chi connectivity index (χ0v) is 12.5. The van der Waals surface area contributed by atoms with E-state index in [1.807, 2.05) is 19.0 Å². The lowest BCUT2D eigenvalue weighted by Crippen LogP contribution is -2.33. The van der Waals surface area contributed by atoms with Crippen LogP contribution in [0, 0.1) is 23.5 Å². The first kappa shape index (κ1) is 16.4. The van der Waals surface area contributed by atoms with E-state index in [4.69, 9.17) is 0 Å². The van der Waals surface area contributed by atoms with Crippen molar-refractivity contribution in [2.75, 3.05) is 32.5 Å². The number of nitrogens with zero attached hydrogens (tertiary/aromatic N) is 1. The van der Waals surface area contributed by atoms with Crippen LogP contribution in [0.15, 0.2) is 18.2 Å². The van der Waals surface area contributed by atoms with Crippen molar-refractivity contribution in [1.82, 2.24) is 10.2 Å². The van der Waals surface area contributed by atoms with Crippen molar-refractivity contribution in [3.63, 3.8) is 0 Å². The van der Waals surface area contributed by atoms with Gasteiger partial charge in [-0.05, 0) is 32.6 Å². The van der Waals surface area contributed by atoms with Gasteiger partial charge in [0.25, 0.3) is 0 Å². The zero-order chi connectivity index (χ0) is 16.3. The Kier molecular flexibility index (Phi) is 5.07. The minimum atomic E-state index is -0.832. The van der Waals surface area contributed by atoms with E-state index in [1.165, 1.54) is 6.07 Å². The van der Waals surface area contributed by atoms with Gasteiger partial charge in [0, 0.05) is 13.1 Å². The number of carbonyl (C=O) groups is 2. The first-order chi connectivity index (χ1) is 10.4. The molecule has 22 heavy (non-hydrogen) atoms. The Morgan fingerprint density at radius 1 is 1.18 bits per heavy atom. The highest BCUT2D eigenvalue weighted by molar-refractivity contribution is 5.99. The number of likely N-dealkylation sites (N-methyl/N-ethyl adjacent to an activating group) is 1. The largest absolute Gasteiger partial charge is 0.355 e. The molecule has 0 radical (unpaired) electrons. The molecule has 2 unspecified atom stereocenters. The van der Waals surface area contributed by atoms with Crippen molar-refractivity contribution in [3.8, 4) is 0 Å². The summed E-state index contributed by atoms with van der Waals surface area (Å²) in [6.07, 6.45) is 0.399. The first-order valence-electron chi connectivity index (χ1n) is 7.07. The summed E-state index contributed by atoms with van der Waals surface area (Å²) in [5.74, 6) is -3.34. The molecule has 1 aromatic carbocycles. The smallest absolute Gasteiger partial charge is 0.228 e.